The largest absolute Gasteiger partial charge is 0.450 e. The minimum Gasteiger partial charge on any atom is -0.450 e. The first-order valence-corrected chi connectivity index (χ1v) is 6.93. The van der Waals surface area contributed by atoms with Crippen molar-refractivity contribution in [3.63, 3.8) is 0 Å². The van der Waals surface area contributed by atoms with Crippen LogP contribution in [-0.4, -0.2) is 26.5 Å². The summed E-state index contributed by atoms with van der Waals surface area (Å²) in [5.74, 6) is -0.604. The van der Waals surface area contributed by atoms with E-state index < -0.39 is 19.9 Å². The Kier molecular flexibility index (Phi) is 5.78. The quantitative estimate of drug-likeness (QED) is 0.452. The molecule has 0 radical (unpaired) electrons. The highest BCUT2D eigenvalue weighted by Crippen LogP contribution is 2.46. The van der Waals surface area contributed by atoms with Gasteiger partial charge in [0.15, 0.2) is 6.35 Å². The van der Waals surface area contributed by atoms with Gasteiger partial charge in [-0.25, -0.2) is 4.79 Å². The van der Waals surface area contributed by atoms with Crippen molar-refractivity contribution in [3.05, 3.63) is 42.0 Å². The van der Waals surface area contributed by atoms with Crippen LogP contribution >= 0.6 is 7.60 Å². The molecule has 0 unspecified atom stereocenters. The van der Waals surface area contributed by atoms with Crippen LogP contribution in [0.4, 0.5) is 0 Å². The second kappa shape index (κ2) is 7.11. The Balaban J connectivity index is 2.48. The molecule has 0 saturated heterocycles. The smallest absolute Gasteiger partial charge is 0.367 e. The zero-order chi connectivity index (χ0) is 13.4. The minimum atomic E-state index is -3.31. The van der Waals surface area contributed by atoms with E-state index in [1.54, 1.807) is 6.08 Å². The number of carbonyl (C=O) groups is 1. The van der Waals surface area contributed by atoms with Gasteiger partial charge in [-0.05, 0) is 11.6 Å². The number of rotatable bonds is 6. The Bertz CT molecular complexity index is 447. The molecule has 0 heterocycles. The van der Waals surface area contributed by atoms with Crippen molar-refractivity contribution in [1.82, 2.24) is 0 Å². The van der Waals surface area contributed by atoms with E-state index in [0.29, 0.717) is 0 Å². The Labute approximate surface area is 106 Å². The molecule has 18 heavy (non-hydrogen) atoms. The lowest BCUT2D eigenvalue weighted by Gasteiger charge is -2.12. The van der Waals surface area contributed by atoms with E-state index >= 15 is 0 Å². The molecule has 0 aromatic heterocycles. The van der Waals surface area contributed by atoms with E-state index in [2.05, 4.69) is 9.05 Å². The summed E-state index contributed by atoms with van der Waals surface area (Å²) in [5, 5.41) is 0. The van der Waals surface area contributed by atoms with E-state index in [4.69, 9.17) is 4.74 Å². The van der Waals surface area contributed by atoms with E-state index in [1.165, 1.54) is 20.3 Å². The van der Waals surface area contributed by atoms with Gasteiger partial charge in [0.1, 0.15) is 0 Å². The van der Waals surface area contributed by atoms with Gasteiger partial charge in [-0.2, -0.15) is 0 Å². The number of hydrogen-bond acceptors (Lipinski definition) is 5. The van der Waals surface area contributed by atoms with Crippen molar-refractivity contribution >= 4 is 19.6 Å². The van der Waals surface area contributed by atoms with Crippen molar-refractivity contribution in [1.29, 1.82) is 0 Å². The molecule has 0 aliphatic carbocycles. The molecule has 0 atom stereocenters. The summed E-state index contributed by atoms with van der Waals surface area (Å²) in [5.41, 5.74) is 0.871. The van der Waals surface area contributed by atoms with Crippen LogP contribution in [0.5, 0.6) is 0 Å². The molecular formula is C12H15O5P. The first kappa shape index (κ1) is 14.6. The molecule has 98 valence electrons. The van der Waals surface area contributed by atoms with Gasteiger partial charge in [0.25, 0.3) is 0 Å². The van der Waals surface area contributed by atoms with Gasteiger partial charge in [-0.1, -0.05) is 30.3 Å². The predicted molar refractivity (Wildman–Crippen MR) is 68.1 cm³/mol. The van der Waals surface area contributed by atoms with E-state index in [-0.39, 0.29) is 0 Å². The fourth-order valence-corrected chi connectivity index (χ4v) is 1.74. The predicted octanol–water partition coefficient (Wildman–Crippen LogP) is 2.69. The molecule has 1 rings (SSSR count). The highest BCUT2D eigenvalue weighted by Gasteiger charge is 2.22. The third kappa shape index (κ3) is 4.84. The molecular weight excluding hydrogens is 255 g/mol. The third-order valence-corrected chi connectivity index (χ3v) is 3.69. The van der Waals surface area contributed by atoms with Crippen LogP contribution < -0.4 is 0 Å². The maximum Gasteiger partial charge on any atom is 0.367 e. The molecule has 0 aliphatic heterocycles. The molecule has 6 heteroatoms. The minimum absolute atomic E-state index is 0.405. The van der Waals surface area contributed by atoms with Crippen LogP contribution in [0.25, 0.3) is 6.08 Å². The molecule has 0 fully saturated rings. The molecule has 0 N–H and O–H groups in total. The molecule has 0 spiro atoms. The fourth-order valence-electron chi connectivity index (χ4n) is 1.10. The monoisotopic (exact) mass is 270 g/mol. The number of carbonyl (C=O) groups excluding carboxylic acids is 1. The van der Waals surface area contributed by atoms with Gasteiger partial charge in [0, 0.05) is 20.3 Å². The summed E-state index contributed by atoms with van der Waals surface area (Å²) in [6.45, 7) is 0. The lowest BCUT2D eigenvalue weighted by molar-refractivity contribution is -0.136. The zero-order valence-corrected chi connectivity index (χ0v) is 11.1. The maximum absolute atomic E-state index is 11.6. The first-order valence-electron chi connectivity index (χ1n) is 5.20. The lowest BCUT2D eigenvalue weighted by atomic mass is 10.2. The second-order valence-corrected chi connectivity index (χ2v) is 5.52. The van der Waals surface area contributed by atoms with Crippen molar-refractivity contribution in [2.75, 3.05) is 20.6 Å². The molecule has 5 nitrogen and oxygen atoms in total. The Morgan fingerprint density at radius 1 is 1.22 bits per heavy atom. The lowest BCUT2D eigenvalue weighted by Crippen LogP contribution is -2.05. The average molecular weight is 270 g/mol. The molecule has 0 amide bonds. The van der Waals surface area contributed by atoms with Crippen molar-refractivity contribution in [2.24, 2.45) is 0 Å². The summed E-state index contributed by atoms with van der Waals surface area (Å²) in [6, 6.07) is 9.28. The summed E-state index contributed by atoms with van der Waals surface area (Å²) >= 11 is 0. The van der Waals surface area contributed by atoms with Crippen LogP contribution in [0.3, 0.4) is 0 Å². The molecule has 0 saturated carbocycles. The summed E-state index contributed by atoms with van der Waals surface area (Å²) in [7, 11) is -0.839. The number of benzene rings is 1. The van der Waals surface area contributed by atoms with Crippen LogP contribution in [0.1, 0.15) is 5.56 Å². The van der Waals surface area contributed by atoms with Gasteiger partial charge in [-0.3, -0.25) is 4.57 Å². The SMILES string of the molecule is COP(=O)(COC(=O)/C=C\c1ccccc1)OC. The highest BCUT2D eigenvalue weighted by molar-refractivity contribution is 7.53. The van der Waals surface area contributed by atoms with Gasteiger partial charge in [0.2, 0.25) is 0 Å². The van der Waals surface area contributed by atoms with Crippen LogP contribution in [0, 0.1) is 0 Å². The van der Waals surface area contributed by atoms with Gasteiger partial charge in [0.05, 0.1) is 0 Å². The van der Waals surface area contributed by atoms with E-state index in [0.717, 1.165) is 5.56 Å². The van der Waals surface area contributed by atoms with E-state index in [9.17, 15) is 9.36 Å². The Morgan fingerprint density at radius 2 is 1.83 bits per heavy atom. The Morgan fingerprint density at radius 3 is 2.39 bits per heavy atom. The normalized spacial score (nSPS) is 11.7. The van der Waals surface area contributed by atoms with Gasteiger partial charge in [-0.15, -0.1) is 0 Å². The highest BCUT2D eigenvalue weighted by atomic mass is 31.2. The topological polar surface area (TPSA) is 61.8 Å². The maximum atomic E-state index is 11.6. The summed E-state index contributed by atoms with van der Waals surface area (Å²) < 4.78 is 25.6. The molecule has 1 aromatic rings. The van der Waals surface area contributed by atoms with Crippen molar-refractivity contribution in [3.8, 4) is 0 Å². The number of hydrogen-bond donors (Lipinski definition) is 0. The van der Waals surface area contributed by atoms with Crippen molar-refractivity contribution < 1.29 is 23.1 Å². The van der Waals surface area contributed by atoms with Crippen LogP contribution in [-0.2, 0) is 23.1 Å². The van der Waals surface area contributed by atoms with Gasteiger partial charge >= 0.3 is 13.6 Å². The molecule has 0 bridgehead atoms. The molecule has 1 aromatic carbocycles. The van der Waals surface area contributed by atoms with Gasteiger partial charge < -0.3 is 13.8 Å². The standard InChI is InChI=1S/C12H15O5P/c1-15-18(14,16-2)10-17-12(13)9-8-11-6-4-3-5-7-11/h3-9H,10H2,1-2H3/b9-8-. The fraction of sp³-hybridized carbons (Fsp3) is 0.250. The summed E-state index contributed by atoms with van der Waals surface area (Å²) in [4.78, 5) is 11.4. The number of esters is 1. The Hall–Kier alpha value is -1.42. The second-order valence-electron chi connectivity index (χ2n) is 3.31. The van der Waals surface area contributed by atoms with Crippen molar-refractivity contribution in [2.45, 2.75) is 0 Å². The van der Waals surface area contributed by atoms with Crippen LogP contribution in [0.2, 0.25) is 0 Å². The average Bonchev–Trinajstić information content (AvgIpc) is 2.43. The zero-order valence-electron chi connectivity index (χ0n) is 10.2. The first-order chi connectivity index (χ1) is 8.59. The van der Waals surface area contributed by atoms with Crippen LogP contribution in [0.15, 0.2) is 36.4 Å². The van der Waals surface area contributed by atoms with E-state index in [1.807, 2.05) is 30.3 Å². The molecule has 0 aliphatic rings. The third-order valence-electron chi connectivity index (χ3n) is 2.13. The number of ether oxygens (including phenoxy) is 1. The summed E-state index contributed by atoms with van der Waals surface area (Å²) in [6.07, 6.45) is 2.45.